The van der Waals surface area contributed by atoms with Gasteiger partial charge >= 0.3 is 5.97 Å². The Morgan fingerprint density at radius 3 is 2.61 bits per heavy atom. The van der Waals surface area contributed by atoms with Crippen LogP contribution in [0.15, 0.2) is 12.3 Å². The maximum absolute atomic E-state index is 11.7. The molecule has 0 N–H and O–H groups in total. The van der Waals surface area contributed by atoms with E-state index in [1.807, 2.05) is 0 Å². The molecule has 0 atom stereocenters. The van der Waals surface area contributed by atoms with Gasteiger partial charge in [0, 0.05) is 19.2 Å². The zero-order chi connectivity index (χ0) is 17.7. The Balaban J connectivity index is 2.73. The number of esters is 1. The normalized spacial score (nSPS) is 11.6. The van der Waals surface area contributed by atoms with Gasteiger partial charge in [-0.05, 0) is 24.2 Å². The lowest BCUT2D eigenvalue weighted by molar-refractivity contribution is 0.0600. The van der Waals surface area contributed by atoms with E-state index >= 15 is 0 Å². The molecule has 1 aromatic heterocycles. The van der Waals surface area contributed by atoms with Crippen LogP contribution in [0.3, 0.4) is 0 Å². The van der Waals surface area contributed by atoms with E-state index < -0.39 is 14.3 Å². The fourth-order valence-corrected chi connectivity index (χ4v) is 2.74. The summed E-state index contributed by atoms with van der Waals surface area (Å²) in [4.78, 5) is 15.7. The van der Waals surface area contributed by atoms with Crippen LogP contribution in [0.2, 0.25) is 23.3 Å². The van der Waals surface area contributed by atoms with Crippen molar-refractivity contribution in [2.24, 2.45) is 0 Å². The lowest BCUT2D eigenvalue weighted by Crippen LogP contribution is -2.40. The van der Waals surface area contributed by atoms with Crippen LogP contribution in [0.5, 0.6) is 0 Å². The summed E-state index contributed by atoms with van der Waals surface area (Å²) in [6.07, 6.45) is 2.08. The number of pyridine rings is 1. The van der Waals surface area contributed by atoms with E-state index in [4.69, 9.17) is 20.8 Å². The van der Waals surface area contributed by atoms with Crippen molar-refractivity contribution in [2.45, 2.75) is 45.3 Å². The van der Waals surface area contributed by atoms with E-state index in [-0.39, 0.29) is 10.2 Å². The van der Waals surface area contributed by atoms with Gasteiger partial charge in [0.25, 0.3) is 0 Å². The second-order valence-corrected chi connectivity index (χ2v) is 11.9. The van der Waals surface area contributed by atoms with E-state index in [1.165, 1.54) is 19.4 Å². The molecular weight excluding hydrogens is 330 g/mol. The third kappa shape index (κ3) is 5.65. The molecule has 0 aliphatic rings. The van der Waals surface area contributed by atoms with Gasteiger partial charge in [0.1, 0.15) is 5.15 Å². The maximum Gasteiger partial charge on any atom is 0.339 e. The van der Waals surface area contributed by atoms with Gasteiger partial charge in [-0.25, -0.2) is 9.78 Å². The van der Waals surface area contributed by atoms with Crippen LogP contribution in [0.1, 0.15) is 43.1 Å². The van der Waals surface area contributed by atoms with Crippen LogP contribution in [-0.2, 0) is 9.16 Å². The van der Waals surface area contributed by atoms with Gasteiger partial charge in [-0.15, -0.1) is 0 Å². The van der Waals surface area contributed by atoms with Crippen molar-refractivity contribution in [3.63, 3.8) is 0 Å². The third-order valence-electron chi connectivity index (χ3n) is 4.00. The average Bonchev–Trinajstić information content (AvgIpc) is 2.46. The molecule has 1 heterocycles. The average molecular weight is 354 g/mol. The molecule has 0 radical (unpaired) electrons. The minimum Gasteiger partial charge on any atom is -0.465 e. The molecule has 0 aliphatic carbocycles. The van der Waals surface area contributed by atoms with Crippen LogP contribution in [0, 0.1) is 11.8 Å². The summed E-state index contributed by atoms with van der Waals surface area (Å²) in [5, 5.41) is 0.413. The third-order valence-corrected chi connectivity index (χ3v) is 8.74. The van der Waals surface area contributed by atoms with Gasteiger partial charge in [0.15, 0.2) is 8.32 Å². The van der Waals surface area contributed by atoms with E-state index in [2.05, 4.69) is 50.7 Å². The molecule has 126 valence electrons. The highest BCUT2D eigenvalue weighted by molar-refractivity contribution is 6.74. The number of ether oxygens (including phenoxy) is 1. The molecule has 23 heavy (non-hydrogen) atoms. The number of hydrogen-bond donors (Lipinski definition) is 0. The molecule has 1 rings (SSSR count). The van der Waals surface area contributed by atoms with Crippen molar-refractivity contribution >= 4 is 25.9 Å². The SMILES string of the molecule is COC(=O)c1cc(Cl)ncc1C#CCCO[Si](C)(C)C(C)(C)C. The van der Waals surface area contributed by atoms with Crippen LogP contribution in [0.25, 0.3) is 0 Å². The van der Waals surface area contributed by atoms with Gasteiger partial charge in [-0.2, -0.15) is 0 Å². The highest BCUT2D eigenvalue weighted by atomic mass is 35.5. The molecule has 0 bridgehead atoms. The zero-order valence-electron chi connectivity index (χ0n) is 14.6. The van der Waals surface area contributed by atoms with E-state index in [1.54, 1.807) is 0 Å². The summed E-state index contributed by atoms with van der Waals surface area (Å²) < 4.78 is 10.8. The number of carbonyl (C=O) groups is 1. The number of methoxy groups -OCH3 is 1. The van der Waals surface area contributed by atoms with Crippen molar-refractivity contribution in [1.29, 1.82) is 0 Å². The van der Waals surface area contributed by atoms with Crippen LogP contribution in [0.4, 0.5) is 0 Å². The Morgan fingerprint density at radius 2 is 2.04 bits per heavy atom. The first-order valence-corrected chi connectivity index (χ1v) is 10.7. The van der Waals surface area contributed by atoms with Crippen LogP contribution >= 0.6 is 11.6 Å². The number of hydrogen-bond acceptors (Lipinski definition) is 4. The summed E-state index contributed by atoms with van der Waals surface area (Å²) in [5.74, 6) is 5.49. The molecule has 0 aliphatic heterocycles. The van der Waals surface area contributed by atoms with Gasteiger partial charge < -0.3 is 9.16 Å². The molecule has 0 saturated carbocycles. The summed E-state index contributed by atoms with van der Waals surface area (Å²) in [5.41, 5.74) is 0.832. The number of rotatable bonds is 4. The first kappa shape index (κ1) is 19.7. The first-order valence-electron chi connectivity index (χ1n) is 7.45. The second-order valence-electron chi connectivity index (χ2n) is 6.70. The summed E-state index contributed by atoms with van der Waals surface area (Å²) in [7, 11) is -0.428. The van der Waals surface area contributed by atoms with E-state index in [0.29, 0.717) is 24.2 Å². The smallest absolute Gasteiger partial charge is 0.339 e. The fourth-order valence-electron chi connectivity index (χ4n) is 1.54. The lowest BCUT2D eigenvalue weighted by atomic mass is 10.1. The Labute approximate surface area is 144 Å². The molecule has 0 aromatic carbocycles. The number of halogens is 1. The molecule has 1 aromatic rings. The zero-order valence-corrected chi connectivity index (χ0v) is 16.4. The first-order chi connectivity index (χ1) is 10.6. The van der Waals surface area contributed by atoms with Crippen molar-refractivity contribution < 1.29 is 14.0 Å². The van der Waals surface area contributed by atoms with Crippen molar-refractivity contribution in [2.75, 3.05) is 13.7 Å². The molecule has 6 heteroatoms. The van der Waals surface area contributed by atoms with Gasteiger partial charge in [0.05, 0.1) is 18.2 Å². The van der Waals surface area contributed by atoms with Gasteiger partial charge in [0.2, 0.25) is 0 Å². The number of nitrogens with zero attached hydrogens (tertiary/aromatic N) is 1. The minimum atomic E-state index is -1.75. The minimum absolute atomic E-state index is 0.179. The van der Waals surface area contributed by atoms with Gasteiger partial charge in [-0.3, -0.25) is 0 Å². The van der Waals surface area contributed by atoms with Crippen LogP contribution < -0.4 is 0 Å². The number of carbonyl (C=O) groups excluding carboxylic acids is 1. The maximum atomic E-state index is 11.7. The number of aromatic nitrogens is 1. The Kier molecular flexibility index (Phi) is 6.81. The lowest BCUT2D eigenvalue weighted by Gasteiger charge is -2.35. The second kappa shape index (κ2) is 7.96. The van der Waals surface area contributed by atoms with Crippen molar-refractivity contribution in [3.8, 4) is 11.8 Å². The fraction of sp³-hybridized carbons (Fsp3) is 0.529. The highest BCUT2D eigenvalue weighted by Gasteiger charge is 2.36. The van der Waals surface area contributed by atoms with Crippen molar-refractivity contribution in [1.82, 2.24) is 4.98 Å². The van der Waals surface area contributed by atoms with Crippen LogP contribution in [-0.4, -0.2) is 33.0 Å². The summed E-state index contributed by atoms with van der Waals surface area (Å²) >= 11 is 5.81. The molecule has 0 fully saturated rings. The van der Waals surface area contributed by atoms with Gasteiger partial charge in [-0.1, -0.05) is 44.2 Å². The molecule has 4 nitrogen and oxygen atoms in total. The Hall–Kier alpha value is -1.35. The summed E-state index contributed by atoms with van der Waals surface area (Å²) in [6, 6.07) is 1.46. The van der Waals surface area contributed by atoms with Crippen molar-refractivity contribution in [3.05, 3.63) is 28.5 Å². The molecule has 0 amide bonds. The monoisotopic (exact) mass is 353 g/mol. The highest BCUT2D eigenvalue weighted by Crippen LogP contribution is 2.36. The topological polar surface area (TPSA) is 48.4 Å². The standard InChI is InChI=1S/C17H24ClNO3Si/c1-17(2,3)23(5,6)22-10-8-7-9-13-12-19-15(18)11-14(13)16(20)21-4/h11-12H,8,10H2,1-6H3. The Bertz CT molecular complexity index is 627. The molecule has 0 unspecified atom stereocenters. The van der Waals surface area contributed by atoms with E-state index in [9.17, 15) is 4.79 Å². The predicted octanol–water partition coefficient (Wildman–Crippen LogP) is 4.29. The summed E-state index contributed by atoms with van der Waals surface area (Å²) in [6.45, 7) is 11.6. The Morgan fingerprint density at radius 1 is 1.39 bits per heavy atom. The molecule has 0 spiro atoms. The van der Waals surface area contributed by atoms with E-state index in [0.717, 1.165) is 0 Å². The quantitative estimate of drug-likeness (QED) is 0.266. The molecular formula is C17H24ClNO3Si. The largest absolute Gasteiger partial charge is 0.465 e. The predicted molar refractivity (Wildman–Crippen MR) is 95.2 cm³/mol. The molecule has 0 saturated heterocycles.